The fourth-order valence-corrected chi connectivity index (χ4v) is 2.08. The van der Waals surface area contributed by atoms with Crippen molar-refractivity contribution in [2.24, 2.45) is 0 Å². The number of halogens is 2. The summed E-state index contributed by atoms with van der Waals surface area (Å²) in [5.41, 5.74) is 1.14. The zero-order chi connectivity index (χ0) is 12.7. The molecule has 0 fully saturated rings. The molecule has 1 N–H and O–H groups in total. The van der Waals surface area contributed by atoms with Gasteiger partial charge in [-0.05, 0) is 40.5 Å². The zero-order valence-electron chi connectivity index (χ0n) is 10.7. The maximum absolute atomic E-state index is 5.53. The van der Waals surface area contributed by atoms with Crippen molar-refractivity contribution in [2.75, 3.05) is 20.3 Å². The largest absolute Gasteiger partial charge is 0.493 e. The summed E-state index contributed by atoms with van der Waals surface area (Å²) in [7, 11) is 1.64. The van der Waals surface area contributed by atoms with Crippen molar-refractivity contribution >= 4 is 28.3 Å². The van der Waals surface area contributed by atoms with Crippen LogP contribution in [0.15, 0.2) is 29.3 Å². The Morgan fingerprint density at radius 1 is 1.44 bits per heavy atom. The van der Waals surface area contributed by atoms with Crippen LogP contribution in [0.1, 0.15) is 12.5 Å². The topological polar surface area (TPSA) is 30.5 Å². The van der Waals surface area contributed by atoms with Gasteiger partial charge in [0.1, 0.15) is 0 Å². The predicted molar refractivity (Wildman–Crippen MR) is 81.0 cm³/mol. The van der Waals surface area contributed by atoms with Gasteiger partial charge in [0, 0.05) is 13.1 Å². The molecule has 0 aliphatic heterocycles. The maximum Gasteiger partial charge on any atom is 0.175 e. The van der Waals surface area contributed by atoms with Crippen LogP contribution in [0.5, 0.6) is 11.5 Å². The first-order chi connectivity index (χ1) is 8.22. The molecule has 0 atom stereocenters. The number of nitrogens with one attached hydrogen (secondary N) is 1. The Balaban J connectivity index is 0.00000289. The standard InChI is InChI=1S/C13H18BrNO2.ClH/c1-4-6-15-9-10-7-11(14)13(17-5-2)12(8-10)16-3;/h4,7-8,15H,1,5-6,9H2,2-3H3;1H. The molecule has 1 aromatic rings. The third kappa shape index (κ3) is 4.88. The molecule has 3 nitrogen and oxygen atoms in total. The van der Waals surface area contributed by atoms with Crippen molar-refractivity contribution in [3.63, 3.8) is 0 Å². The third-order valence-corrected chi connectivity index (χ3v) is 2.78. The number of methoxy groups -OCH3 is 1. The Kier molecular flexibility index (Phi) is 8.89. The summed E-state index contributed by atoms with van der Waals surface area (Å²) in [6.45, 7) is 7.79. The summed E-state index contributed by atoms with van der Waals surface area (Å²) >= 11 is 3.50. The highest BCUT2D eigenvalue weighted by molar-refractivity contribution is 9.10. The van der Waals surface area contributed by atoms with Gasteiger partial charge in [-0.2, -0.15) is 0 Å². The van der Waals surface area contributed by atoms with Crippen LogP contribution < -0.4 is 14.8 Å². The van der Waals surface area contributed by atoms with Crippen LogP contribution in [-0.2, 0) is 6.54 Å². The maximum atomic E-state index is 5.53. The van der Waals surface area contributed by atoms with Crippen LogP contribution in [0.3, 0.4) is 0 Å². The molecule has 0 spiro atoms. The molecule has 102 valence electrons. The van der Waals surface area contributed by atoms with Gasteiger partial charge in [0.25, 0.3) is 0 Å². The van der Waals surface area contributed by atoms with Crippen molar-refractivity contribution in [3.8, 4) is 11.5 Å². The summed E-state index contributed by atoms with van der Waals surface area (Å²) < 4.78 is 11.8. The fraction of sp³-hybridized carbons (Fsp3) is 0.385. The minimum absolute atomic E-state index is 0. The Morgan fingerprint density at radius 3 is 2.72 bits per heavy atom. The monoisotopic (exact) mass is 335 g/mol. The minimum atomic E-state index is 0. The highest BCUT2D eigenvalue weighted by Crippen LogP contribution is 2.36. The minimum Gasteiger partial charge on any atom is -0.493 e. The summed E-state index contributed by atoms with van der Waals surface area (Å²) in [5.74, 6) is 1.50. The highest BCUT2D eigenvalue weighted by atomic mass is 79.9. The first-order valence-corrected chi connectivity index (χ1v) is 6.33. The second kappa shape index (κ2) is 9.25. The van der Waals surface area contributed by atoms with E-state index in [1.807, 2.05) is 25.1 Å². The lowest BCUT2D eigenvalue weighted by atomic mass is 10.2. The van der Waals surface area contributed by atoms with Gasteiger partial charge < -0.3 is 14.8 Å². The summed E-state index contributed by atoms with van der Waals surface area (Å²) in [6, 6.07) is 4.01. The number of rotatable bonds is 7. The predicted octanol–water partition coefficient (Wildman–Crippen LogP) is 3.55. The normalized spacial score (nSPS) is 9.50. The van der Waals surface area contributed by atoms with Crippen molar-refractivity contribution in [1.29, 1.82) is 0 Å². The van der Waals surface area contributed by atoms with E-state index in [0.29, 0.717) is 6.61 Å². The summed E-state index contributed by atoms with van der Waals surface area (Å²) in [6.07, 6.45) is 1.83. The quantitative estimate of drug-likeness (QED) is 0.610. The lowest BCUT2D eigenvalue weighted by molar-refractivity contribution is 0.308. The van der Waals surface area contributed by atoms with Crippen LogP contribution >= 0.6 is 28.3 Å². The number of hydrogen-bond donors (Lipinski definition) is 1. The molecule has 0 aromatic heterocycles. The van der Waals surface area contributed by atoms with Gasteiger partial charge in [-0.3, -0.25) is 0 Å². The van der Waals surface area contributed by atoms with E-state index in [1.54, 1.807) is 7.11 Å². The van der Waals surface area contributed by atoms with E-state index >= 15 is 0 Å². The Hall–Kier alpha value is -0.710. The highest BCUT2D eigenvalue weighted by Gasteiger charge is 2.10. The second-order valence-electron chi connectivity index (χ2n) is 3.46. The Morgan fingerprint density at radius 2 is 2.17 bits per heavy atom. The average Bonchev–Trinajstić information content (AvgIpc) is 2.32. The molecular formula is C13H19BrClNO2. The van der Waals surface area contributed by atoms with Crippen LogP contribution in [-0.4, -0.2) is 20.3 Å². The van der Waals surface area contributed by atoms with Gasteiger partial charge in [0.05, 0.1) is 18.2 Å². The van der Waals surface area contributed by atoms with E-state index in [0.717, 1.165) is 34.6 Å². The van der Waals surface area contributed by atoms with Crippen LogP contribution in [0.4, 0.5) is 0 Å². The van der Waals surface area contributed by atoms with Crippen molar-refractivity contribution in [1.82, 2.24) is 5.32 Å². The third-order valence-electron chi connectivity index (χ3n) is 2.20. The molecule has 5 heteroatoms. The van der Waals surface area contributed by atoms with Crippen LogP contribution in [0.25, 0.3) is 0 Å². The lowest BCUT2D eigenvalue weighted by Crippen LogP contribution is -2.12. The van der Waals surface area contributed by atoms with Gasteiger partial charge in [-0.1, -0.05) is 6.08 Å². The molecule has 0 radical (unpaired) electrons. The second-order valence-corrected chi connectivity index (χ2v) is 4.32. The molecule has 0 bridgehead atoms. The van der Waals surface area contributed by atoms with Crippen molar-refractivity contribution in [3.05, 3.63) is 34.8 Å². The molecule has 0 unspecified atom stereocenters. The van der Waals surface area contributed by atoms with E-state index in [1.165, 1.54) is 0 Å². The Bertz CT molecular complexity index is 385. The van der Waals surface area contributed by atoms with E-state index in [9.17, 15) is 0 Å². The average molecular weight is 337 g/mol. The summed E-state index contributed by atoms with van der Waals surface area (Å²) in [4.78, 5) is 0. The molecule has 0 saturated heterocycles. The lowest BCUT2D eigenvalue weighted by Gasteiger charge is -2.13. The van der Waals surface area contributed by atoms with Crippen LogP contribution in [0, 0.1) is 0 Å². The van der Waals surface area contributed by atoms with Gasteiger partial charge in [0.15, 0.2) is 11.5 Å². The SMILES string of the molecule is C=CCNCc1cc(Br)c(OCC)c(OC)c1.Cl. The zero-order valence-corrected chi connectivity index (χ0v) is 13.1. The molecular weight excluding hydrogens is 318 g/mol. The molecule has 0 amide bonds. The Labute approximate surface area is 123 Å². The van der Waals surface area contributed by atoms with E-state index in [-0.39, 0.29) is 12.4 Å². The van der Waals surface area contributed by atoms with Gasteiger partial charge in [0.2, 0.25) is 0 Å². The molecule has 1 rings (SSSR count). The van der Waals surface area contributed by atoms with Crippen LogP contribution in [0.2, 0.25) is 0 Å². The van der Waals surface area contributed by atoms with Crippen molar-refractivity contribution < 1.29 is 9.47 Å². The molecule has 0 saturated carbocycles. The number of ether oxygens (including phenoxy) is 2. The van der Waals surface area contributed by atoms with E-state index < -0.39 is 0 Å². The van der Waals surface area contributed by atoms with Crippen molar-refractivity contribution in [2.45, 2.75) is 13.5 Å². The smallest absolute Gasteiger partial charge is 0.175 e. The van der Waals surface area contributed by atoms with Gasteiger partial charge in [-0.15, -0.1) is 19.0 Å². The first kappa shape index (κ1) is 17.3. The number of benzene rings is 1. The van der Waals surface area contributed by atoms with Gasteiger partial charge >= 0.3 is 0 Å². The van der Waals surface area contributed by atoms with E-state index in [4.69, 9.17) is 9.47 Å². The molecule has 0 heterocycles. The molecule has 0 aliphatic carbocycles. The summed E-state index contributed by atoms with van der Waals surface area (Å²) in [5, 5.41) is 3.25. The molecule has 0 aliphatic rings. The molecule has 1 aromatic carbocycles. The number of hydrogen-bond acceptors (Lipinski definition) is 3. The first-order valence-electron chi connectivity index (χ1n) is 5.53. The molecule has 18 heavy (non-hydrogen) atoms. The van der Waals surface area contributed by atoms with E-state index in [2.05, 4.69) is 27.8 Å². The fourth-order valence-electron chi connectivity index (χ4n) is 1.48. The van der Waals surface area contributed by atoms with Gasteiger partial charge in [-0.25, -0.2) is 0 Å².